The van der Waals surface area contributed by atoms with Gasteiger partial charge >= 0.3 is 12.4 Å². The summed E-state index contributed by atoms with van der Waals surface area (Å²) in [5, 5.41) is 4.18. The van der Waals surface area contributed by atoms with Crippen molar-refractivity contribution < 1.29 is 31.1 Å². The second kappa shape index (κ2) is 9.87. The molecule has 5 nitrogen and oxygen atoms in total. The van der Waals surface area contributed by atoms with Crippen molar-refractivity contribution in [3.8, 4) is 16.9 Å². The highest BCUT2D eigenvalue weighted by Crippen LogP contribution is 2.41. The second-order valence-electron chi connectivity index (χ2n) is 9.61. The third kappa shape index (κ3) is 5.52. The largest absolute Gasteiger partial charge is 0.416 e. The van der Waals surface area contributed by atoms with Crippen LogP contribution in [0.1, 0.15) is 36.1 Å². The van der Waals surface area contributed by atoms with E-state index in [1.807, 2.05) is 31.2 Å². The number of carbonyl (C=O) groups is 1. The van der Waals surface area contributed by atoms with E-state index in [-0.39, 0.29) is 6.07 Å². The summed E-state index contributed by atoms with van der Waals surface area (Å²) >= 11 is 0. The normalized spacial score (nSPS) is 12.5. The van der Waals surface area contributed by atoms with Gasteiger partial charge in [0, 0.05) is 25.0 Å². The number of likely N-dealkylation sites (N-methyl/N-ethyl adjacent to an activating group) is 1. The standard InChI is InChI=1S/C28H24F6N4O/c1-17-8-5-6-9-21(17)22-15-24(38-11-7-10-36-38)35-16-23(22)37(4)25(39)26(2,3)18-12-19(27(29,30)31)14-20(13-18)28(32,33)34/h5-16H,1-4H3. The second-order valence-corrected chi connectivity index (χ2v) is 9.61. The fourth-order valence-electron chi connectivity index (χ4n) is 4.29. The number of alkyl halides is 6. The molecule has 4 rings (SSSR count). The van der Waals surface area contributed by atoms with Gasteiger partial charge in [0.25, 0.3) is 0 Å². The fraction of sp³-hybridized carbons (Fsp3) is 0.250. The van der Waals surface area contributed by atoms with Crippen molar-refractivity contribution in [2.45, 2.75) is 38.5 Å². The number of rotatable bonds is 5. The molecule has 0 saturated heterocycles. The summed E-state index contributed by atoms with van der Waals surface area (Å²) in [4.78, 5) is 19.4. The smallest absolute Gasteiger partial charge is 0.313 e. The summed E-state index contributed by atoms with van der Waals surface area (Å²) in [6.45, 7) is 4.46. The van der Waals surface area contributed by atoms with Crippen LogP contribution < -0.4 is 4.90 Å². The van der Waals surface area contributed by atoms with Crippen molar-refractivity contribution in [3.05, 3.63) is 95.4 Å². The van der Waals surface area contributed by atoms with Gasteiger partial charge < -0.3 is 4.90 Å². The van der Waals surface area contributed by atoms with Crippen LogP contribution in [0.2, 0.25) is 0 Å². The number of halogens is 6. The maximum Gasteiger partial charge on any atom is 0.416 e. The highest BCUT2D eigenvalue weighted by Gasteiger charge is 2.41. The number of hydrogen-bond acceptors (Lipinski definition) is 3. The molecule has 0 bridgehead atoms. The first-order chi connectivity index (χ1) is 18.1. The molecule has 39 heavy (non-hydrogen) atoms. The van der Waals surface area contributed by atoms with Gasteiger partial charge in [-0.2, -0.15) is 31.4 Å². The summed E-state index contributed by atoms with van der Waals surface area (Å²) < 4.78 is 82.5. The Labute approximate surface area is 220 Å². The summed E-state index contributed by atoms with van der Waals surface area (Å²) in [6, 6.07) is 12.0. The molecule has 0 spiro atoms. The molecule has 0 saturated carbocycles. The Bertz CT molecular complexity index is 1480. The van der Waals surface area contributed by atoms with E-state index in [1.165, 1.54) is 36.7 Å². The molecule has 2 aromatic heterocycles. The number of hydrogen-bond donors (Lipinski definition) is 0. The van der Waals surface area contributed by atoms with Crippen LogP contribution in [0.4, 0.5) is 32.0 Å². The number of anilines is 1. The SMILES string of the molecule is Cc1ccccc1-c1cc(-n2cccn2)ncc1N(C)C(=O)C(C)(C)c1cc(C(F)(F)F)cc(C(F)(F)F)c1. The van der Waals surface area contributed by atoms with Crippen molar-refractivity contribution >= 4 is 11.6 Å². The van der Waals surface area contributed by atoms with Crippen LogP contribution >= 0.6 is 0 Å². The van der Waals surface area contributed by atoms with Gasteiger partial charge in [0.05, 0.1) is 28.4 Å². The Balaban J connectivity index is 1.84. The third-order valence-corrected chi connectivity index (χ3v) is 6.55. The van der Waals surface area contributed by atoms with E-state index in [0.29, 0.717) is 29.2 Å². The molecule has 0 N–H and O–H groups in total. The first kappa shape index (κ1) is 27.9. The maximum atomic E-state index is 13.8. The van der Waals surface area contributed by atoms with Crippen LogP contribution in [0.3, 0.4) is 0 Å². The van der Waals surface area contributed by atoms with E-state index in [2.05, 4.69) is 10.1 Å². The molecule has 2 heterocycles. The molecular weight excluding hydrogens is 522 g/mol. The van der Waals surface area contributed by atoms with Gasteiger partial charge in [-0.25, -0.2) is 9.67 Å². The highest BCUT2D eigenvalue weighted by molar-refractivity contribution is 6.03. The van der Waals surface area contributed by atoms with Crippen LogP contribution in [0, 0.1) is 6.92 Å². The summed E-state index contributed by atoms with van der Waals surface area (Å²) in [6.07, 6.45) is -5.38. The van der Waals surface area contributed by atoms with Crippen LogP contribution in [-0.4, -0.2) is 27.7 Å². The van der Waals surface area contributed by atoms with E-state index in [1.54, 1.807) is 24.5 Å². The van der Waals surface area contributed by atoms with Crippen molar-refractivity contribution in [2.24, 2.45) is 0 Å². The van der Waals surface area contributed by atoms with Crippen molar-refractivity contribution in [1.82, 2.24) is 14.8 Å². The van der Waals surface area contributed by atoms with Crippen molar-refractivity contribution in [1.29, 1.82) is 0 Å². The zero-order valence-corrected chi connectivity index (χ0v) is 21.4. The molecule has 0 radical (unpaired) electrons. The molecule has 0 fully saturated rings. The Morgan fingerprint density at radius 2 is 1.44 bits per heavy atom. The average Bonchev–Trinajstić information content (AvgIpc) is 3.41. The lowest BCUT2D eigenvalue weighted by Gasteiger charge is -2.32. The van der Waals surface area contributed by atoms with Crippen molar-refractivity contribution in [2.75, 3.05) is 11.9 Å². The van der Waals surface area contributed by atoms with E-state index in [9.17, 15) is 31.1 Å². The molecular formula is C28H24F6N4O. The predicted molar refractivity (Wildman–Crippen MR) is 134 cm³/mol. The average molecular weight is 547 g/mol. The predicted octanol–water partition coefficient (Wildman–Crippen LogP) is 7.22. The molecule has 4 aromatic rings. The Kier molecular flexibility index (Phi) is 7.05. The van der Waals surface area contributed by atoms with Crippen molar-refractivity contribution in [3.63, 3.8) is 0 Å². The van der Waals surface area contributed by atoms with E-state index >= 15 is 0 Å². The van der Waals surface area contributed by atoms with Gasteiger partial charge in [-0.1, -0.05) is 24.3 Å². The molecule has 0 aliphatic carbocycles. The maximum absolute atomic E-state index is 13.8. The Morgan fingerprint density at radius 3 is 1.97 bits per heavy atom. The van der Waals surface area contributed by atoms with E-state index < -0.39 is 40.4 Å². The van der Waals surface area contributed by atoms with E-state index in [0.717, 1.165) is 11.1 Å². The zero-order chi connectivity index (χ0) is 28.8. The quantitative estimate of drug-likeness (QED) is 0.249. The van der Waals surface area contributed by atoms with Gasteiger partial charge in [-0.3, -0.25) is 4.79 Å². The van der Waals surface area contributed by atoms with Gasteiger partial charge in [0.1, 0.15) is 0 Å². The number of amides is 1. The minimum absolute atomic E-state index is 0.0436. The number of nitrogens with zero attached hydrogens (tertiary/aromatic N) is 4. The number of aromatic nitrogens is 3. The summed E-state index contributed by atoms with van der Waals surface area (Å²) in [7, 11) is 1.41. The molecule has 0 aliphatic rings. The lowest BCUT2D eigenvalue weighted by Crippen LogP contribution is -2.42. The Morgan fingerprint density at radius 1 is 0.846 bits per heavy atom. The number of benzene rings is 2. The summed E-state index contributed by atoms with van der Waals surface area (Å²) in [5.74, 6) is -0.270. The van der Waals surface area contributed by atoms with Crippen LogP contribution in [0.25, 0.3) is 16.9 Å². The zero-order valence-electron chi connectivity index (χ0n) is 21.4. The lowest BCUT2D eigenvalue weighted by atomic mass is 9.81. The van der Waals surface area contributed by atoms with Gasteiger partial charge in [0.15, 0.2) is 5.82 Å². The van der Waals surface area contributed by atoms with Crippen LogP contribution in [0.15, 0.2) is 73.2 Å². The van der Waals surface area contributed by atoms with Gasteiger partial charge in [-0.15, -0.1) is 0 Å². The third-order valence-electron chi connectivity index (χ3n) is 6.55. The minimum Gasteiger partial charge on any atom is -0.313 e. The fourth-order valence-corrected chi connectivity index (χ4v) is 4.29. The molecule has 0 atom stereocenters. The monoisotopic (exact) mass is 546 g/mol. The number of carbonyl (C=O) groups excluding carboxylic acids is 1. The van der Waals surface area contributed by atoms with Crippen LogP contribution in [-0.2, 0) is 22.6 Å². The summed E-state index contributed by atoms with van der Waals surface area (Å²) in [5.41, 5.74) is -2.60. The number of aryl methyl sites for hydroxylation is 1. The topological polar surface area (TPSA) is 51.0 Å². The molecule has 2 aromatic carbocycles. The first-order valence-electron chi connectivity index (χ1n) is 11.7. The van der Waals surface area contributed by atoms with Gasteiger partial charge in [-0.05, 0) is 67.8 Å². The molecule has 0 unspecified atom stereocenters. The molecule has 1 amide bonds. The Hall–Kier alpha value is -4.15. The molecule has 204 valence electrons. The number of pyridine rings is 1. The van der Waals surface area contributed by atoms with Gasteiger partial charge in [0.2, 0.25) is 5.91 Å². The minimum atomic E-state index is -5.04. The molecule has 11 heteroatoms. The first-order valence-corrected chi connectivity index (χ1v) is 11.7. The highest BCUT2D eigenvalue weighted by atomic mass is 19.4. The lowest BCUT2D eigenvalue weighted by molar-refractivity contribution is -0.143. The van der Waals surface area contributed by atoms with Crippen LogP contribution in [0.5, 0.6) is 0 Å². The van der Waals surface area contributed by atoms with E-state index in [4.69, 9.17) is 0 Å². The molecule has 0 aliphatic heterocycles.